The second-order valence-corrected chi connectivity index (χ2v) is 10.9. The van der Waals surface area contributed by atoms with Crippen LogP contribution < -0.4 is 14.9 Å². The minimum atomic E-state index is -0.832. The van der Waals surface area contributed by atoms with Crippen LogP contribution in [0.1, 0.15) is 71.3 Å². The molecule has 4 unspecified atom stereocenters. The second kappa shape index (κ2) is 12.2. The Kier molecular flexibility index (Phi) is 9.01. The minimum absolute atomic E-state index is 0.0642. The number of likely N-dealkylation sites (N-methyl/N-ethyl adjacent to an activating group) is 1. The van der Waals surface area contributed by atoms with E-state index in [1.807, 2.05) is 32.1 Å². The molecule has 202 valence electrons. The monoisotopic (exact) mass is 508 g/mol. The van der Waals surface area contributed by atoms with Gasteiger partial charge in [0.15, 0.2) is 5.78 Å². The summed E-state index contributed by atoms with van der Waals surface area (Å²) in [6.07, 6.45) is 15.1. The van der Waals surface area contributed by atoms with Gasteiger partial charge in [0.2, 0.25) is 0 Å². The molecule has 0 aliphatic heterocycles. The number of unbranched alkanes of at least 4 members (excludes halogenated alkanes) is 1. The summed E-state index contributed by atoms with van der Waals surface area (Å²) in [6, 6.07) is 5.05. The summed E-state index contributed by atoms with van der Waals surface area (Å²) in [6.45, 7) is 9.79. The number of aliphatic hydroxyl groups excluding tert-OH is 2. The van der Waals surface area contributed by atoms with Gasteiger partial charge in [0, 0.05) is 24.9 Å². The topological polar surface area (TPSA) is 88.3 Å². The molecule has 1 fully saturated rings. The van der Waals surface area contributed by atoms with Crippen LogP contribution in [0.25, 0.3) is 5.57 Å². The highest BCUT2D eigenvalue weighted by atomic mass is 16.3. The number of nitrogens with one attached hydrogen (secondary N) is 1. The number of anilines is 1. The van der Waals surface area contributed by atoms with Crippen LogP contribution in [0, 0.1) is 17.8 Å². The highest BCUT2D eigenvalue weighted by Gasteiger charge is 2.46. The average molecular weight is 509 g/mol. The first-order valence-corrected chi connectivity index (χ1v) is 14.4. The highest BCUT2D eigenvalue weighted by molar-refractivity contribution is 6.30. The summed E-state index contributed by atoms with van der Waals surface area (Å²) in [4.78, 5) is 16.6. The first-order valence-electron chi connectivity index (χ1n) is 14.4. The van der Waals surface area contributed by atoms with Gasteiger partial charge in [-0.1, -0.05) is 50.0 Å². The maximum Gasteiger partial charge on any atom is 0.178 e. The lowest BCUT2D eigenvalue weighted by Crippen LogP contribution is -3.15. The molecular weight excluding hydrogens is 464 g/mol. The largest absolute Gasteiger partial charge is 0.872 e. The lowest BCUT2D eigenvalue weighted by atomic mass is 9.70. The van der Waals surface area contributed by atoms with Crippen molar-refractivity contribution in [1.82, 2.24) is 0 Å². The Labute approximate surface area is 222 Å². The van der Waals surface area contributed by atoms with Crippen LogP contribution in [0.2, 0.25) is 0 Å². The molecule has 0 aromatic heterocycles. The number of Topliss-reactive ketones (excluding diaryl/α,β-unsaturated/α-hetero) is 1. The van der Waals surface area contributed by atoms with Gasteiger partial charge in [-0.05, 0) is 63.3 Å². The number of benzene rings is 1. The molecule has 3 N–H and O–H groups in total. The molecule has 0 radical (unpaired) electrons. The Bertz CT molecular complexity index is 1050. The van der Waals surface area contributed by atoms with Crippen molar-refractivity contribution in [3.05, 3.63) is 53.5 Å². The van der Waals surface area contributed by atoms with Gasteiger partial charge in [0.25, 0.3) is 0 Å². The van der Waals surface area contributed by atoms with E-state index >= 15 is 0 Å². The van der Waals surface area contributed by atoms with Crippen molar-refractivity contribution in [3.63, 3.8) is 0 Å². The molecule has 4 atom stereocenters. The van der Waals surface area contributed by atoms with E-state index in [4.69, 9.17) is 0 Å². The van der Waals surface area contributed by atoms with Gasteiger partial charge < -0.3 is 25.1 Å². The number of carbonyl (C=O) groups is 1. The number of allylic oxidation sites excluding steroid dienone is 3. The standard InChI is InChI=1S/C31H44N2O4/c1-4-32(5-2)22-14-16-24(26(34)19-22)28-30(36)29(31(28)37)25-17-15-23(20-27(25)35)33(6-3)18-10-9-13-21-11-7-8-12-21/h14-17,19-21,23,25,29,34-36H,4-13,18H2,1-3H3. The van der Waals surface area contributed by atoms with E-state index in [0.717, 1.165) is 37.8 Å². The van der Waals surface area contributed by atoms with Crippen molar-refractivity contribution < 1.29 is 25.0 Å². The van der Waals surface area contributed by atoms with Crippen LogP contribution in [0.4, 0.5) is 5.69 Å². The Morgan fingerprint density at radius 3 is 2.38 bits per heavy atom. The number of aliphatic hydroxyl groups is 2. The van der Waals surface area contributed by atoms with Gasteiger partial charge in [-0.2, -0.15) is 0 Å². The summed E-state index contributed by atoms with van der Waals surface area (Å²) in [7, 11) is 0. The first kappa shape index (κ1) is 27.3. The quantitative estimate of drug-likeness (QED) is 0.289. The molecule has 0 saturated heterocycles. The van der Waals surface area contributed by atoms with E-state index in [9.17, 15) is 20.1 Å². The number of ketones is 1. The average Bonchev–Trinajstić information content (AvgIpc) is 3.41. The van der Waals surface area contributed by atoms with Crippen molar-refractivity contribution in [1.29, 1.82) is 0 Å². The Morgan fingerprint density at radius 2 is 1.78 bits per heavy atom. The Balaban J connectivity index is 1.39. The van der Waals surface area contributed by atoms with Crippen LogP contribution in [0.15, 0.2) is 47.9 Å². The molecule has 4 rings (SSSR count). The van der Waals surface area contributed by atoms with Crippen LogP contribution in [0.3, 0.4) is 0 Å². The van der Waals surface area contributed by atoms with Crippen molar-refractivity contribution in [2.45, 2.75) is 71.8 Å². The van der Waals surface area contributed by atoms with Crippen molar-refractivity contribution in [2.24, 2.45) is 17.8 Å². The normalized spacial score (nSPS) is 24.8. The molecule has 1 aromatic carbocycles. The van der Waals surface area contributed by atoms with Crippen molar-refractivity contribution in [2.75, 3.05) is 31.1 Å². The molecule has 1 saturated carbocycles. The zero-order chi connectivity index (χ0) is 26.5. The fourth-order valence-electron chi connectivity index (χ4n) is 6.48. The smallest absolute Gasteiger partial charge is 0.178 e. The van der Waals surface area contributed by atoms with Crippen LogP contribution >= 0.6 is 0 Å². The molecular formula is C31H44N2O4. The van der Waals surface area contributed by atoms with Crippen LogP contribution in [-0.4, -0.2) is 48.2 Å². The van der Waals surface area contributed by atoms with E-state index < -0.39 is 11.8 Å². The molecule has 0 heterocycles. The molecule has 0 spiro atoms. The summed E-state index contributed by atoms with van der Waals surface area (Å²) in [5.41, 5.74) is 1.13. The van der Waals surface area contributed by atoms with Gasteiger partial charge in [-0.15, -0.1) is 0 Å². The molecule has 6 nitrogen and oxygen atoms in total. The van der Waals surface area contributed by atoms with Crippen molar-refractivity contribution >= 4 is 17.0 Å². The summed E-state index contributed by atoms with van der Waals surface area (Å²) in [5, 5.41) is 34.5. The lowest BCUT2D eigenvalue weighted by Gasteiger charge is -2.36. The molecule has 0 amide bonds. The molecule has 1 aromatic rings. The summed E-state index contributed by atoms with van der Waals surface area (Å²) >= 11 is 0. The Hall–Kier alpha value is -2.73. The Morgan fingerprint density at radius 1 is 1.05 bits per heavy atom. The highest BCUT2D eigenvalue weighted by Crippen LogP contribution is 2.45. The molecule has 37 heavy (non-hydrogen) atoms. The van der Waals surface area contributed by atoms with Gasteiger partial charge in [-0.3, -0.25) is 4.79 Å². The predicted octanol–water partition coefficient (Wildman–Crippen LogP) is 4.34. The lowest BCUT2D eigenvalue weighted by molar-refractivity contribution is -0.910. The van der Waals surface area contributed by atoms with Gasteiger partial charge >= 0.3 is 0 Å². The molecule has 6 heteroatoms. The fraction of sp³-hybridized carbons (Fsp3) is 0.581. The summed E-state index contributed by atoms with van der Waals surface area (Å²) in [5.74, 6) is -1.02. The number of quaternary nitrogens is 1. The van der Waals surface area contributed by atoms with E-state index in [0.29, 0.717) is 0 Å². The van der Waals surface area contributed by atoms with E-state index in [1.165, 1.54) is 55.9 Å². The van der Waals surface area contributed by atoms with E-state index in [2.05, 4.69) is 17.9 Å². The molecule has 0 bridgehead atoms. The predicted molar refractivity (Wildman–Crippen MR) is 147 cm³/mol. The van der Waals surface area contributed by atoms with Crippen molar-refractivity contribution in [3.8, 4) is 5.75 Å². The third-order valence-electron chi connectivity index (χ3n) is 8.78. The molecule has 3 aliphatic carbocycles. The van der Waals surface area contributed by atoms with Gasteiger partial charge in [0.1, 0.15) is 17.6 Å². The SMILES string of the molecule is CCN(CC)c1ccc(C2=C(O)C(C3C=CC([NH+](CC)CCCCC4CCCC4)C=C3O)C2=O)c([O-])c1. The number of hydrogen-bond acceptors (Lipinski definition) is 5. The zero-order valence-electron chi connectivity index (χ0n) is 22.7. The van der Waals surface area contributed by atoms with E-state index in [-0.39, 0.29) is 40.2 Å². The third kappa shape index (κ3) is 5.74. The number of nitrogens with zero attached hydrogens (tertiary/aromatic N) is 1. The second-order valence-electron chi connectivity index (χ2n) is 10.9. The van der Waals surface area contributed by atoms with Gasteiger partial charge in [-0.25, -0.2) is 0 Å². The third-order valence-corrected chi connectivity index (χ3v) is 8.78. The van der Waals surface area contributed by atoms with Gasteiger partial charge in [0.05, 0.1) is 30.5 Å². The number of hydrogen-bond donors (Lipinski definition) is 3. The summed E-state index contributed by atoms with van der Waals surface area (Å²) < 4.78 is 0. The van der Waals surface area contributed by atoms with Crippen LogP contribution in [0.5, 0.6) is 5.75 Å². The molecule has 3 aliphatic rings. The minimum Gasteiger partial charge on any atom is -0.872 e. The maximum atomic E-state index is 13.1. The van der Waals surface area contributed by atoms with Crippen LogP contribution in [-0.2, 0) is 4.79 Å². The van der Waals surface area contributed by atoms with E-state index in [1.54, 1.807) is 6.07 Å². The number of rotatable bonds is 12. The number of carbonyl (C=O) groups excluding carboxylic acids is 1. The maximum absolute atomic E-state index is 13.1. The first-order chi connectivity index (χ1) is 17.9. The zero-order valence-corrected chi connectivity index (χ0v) is 22.7. The fourth-order valence-corrected chi connectivity index (χ4v) is 6.48.